The Kier molecular flexibility index (Phi) is 6.17. The standard InChI is InChI=1S/C21H12ClF4O4/c1-28-18-10-15(30-21(24,25)26)6-7-17(18)29-19-9-14(22)8-16(23)20(19)13-4-2-12(11-27)3-5-13/h2-10H,1H3. The number of ether oxygens (including phenoxy) is 3. The molecule has 30 heavy (non-hydrogen) atoms. The van der Waals surface area contributed by atoms with Crippen molar-refractivity contribution in [2.24, 2.45) is 0 Å². The quantitative estimate of drug-likeness (QED) is 0.423. The highest BCUT2D eigenvalue weighted by atomic mass is 35.5. The zero-order valence-corrected chi connectivity index (χ0v) is 16.0. The monoisotopic (exact) mass is 439 g/mol. The lowest BCUT2D eigenvalue weighted by Gasteiger charge is -2.16. The molecule has 0 aliphatic heterocycles. The largest absolute Gasteiger partial charge is 0.573 e. The van der Waals surface area contributed by atoms with Crippen LogP contribution in [0.2, 0.25) is 5.02 Å². The third-order valence-electron chi connectivity index (χ3n) is 3.90. The molecule has 0 atom stereocenters. The minimum absolute atomic E-state index is 0.00721. The molecule has 0 aliphatic rings. The predicted molar refractivity (Wildman–Crippen MR) is 101 cm³/mol. The summed E-state index contributed by atoms with van der Waals surface area (Å²) in [6.45, 7) is 0. The number of rotatable bonds is 6. The number of hydrogen-bond acceptors (Lipinski definition) is 4. The van der Waals surface area contributed by atoms with E-state index in [0.717, 1.165) is 18.2 Å². The number of halogens is 5. The smallest absolute Gasteiger partial charge is 0.493 e. The maximum absolute atomic E-state index is 14.7. The highest BCUT2D eigenvalue weighted by Gasteiger charge is 2.31. The molecule has 3 aromatic carbocycles. The molecule has 0 bridgehead atoms. The van der Waals surface area contributed by atoms with Gasteiger partial charge < -0.3 is 14.2 Å². The van der Waals surface area contributed by atoms with Gasteiger partial charge >= 0.3 is 6.36 Å². The summed E-state index contributed by atoms with van der Waals surface area (Å²) in [4.78, 5) is 10.7. The van der Waals surface area contributed by atoms with Gasteiger partial charge in [0.15, 0.2) is 11.5 Å². The average molecular weight is 440 g/mol. The molecule has 155 valence electrons. The van der Waals surface area contributed by atoms with E-state index in [2.05, 4.69) is 4.74 Å². The summed E-state index contributed by atoms with van der Waals surface area (Å²) < 4.78 is 66.6. The van der Waals surface area contributed by atoms with Gasteiger partial charge in [0.05, 0.1) is 12.7 Å². The van der Waals surface area contributed by atoms with Gasteiger partial charge in [-0.25, -0.2) is 4.39 Å². The van der Waals surface area contributed by atoms with Gasteiger partial charge in [-0.3, -0.25) is 4.79 Å². The maximum Gasteiger partial charge on any atom is 0.573 e. The van der Waals surface area contributed by atoms with E-state index < -0.39 is 17.9 Å². The lowest BCUT2D eigenvalue weighted by molar-refractivity contribution is -0.274. The Hall–Kier alpha value is -3.26. The zero-order valence-electron chi connectivity index (χ0n) is 15.2. The molecule has 0 saturated carbocycles. The molecule has 0 fully saturated rings. The Morgan fingerprint density at radius 3 is 2.23 bits per heavy atom. The number of alkyl halides is 3. The molecule has 9 heteroatoms. The number of methoxy groups -OCH3 is 1. The van der Waals surface area contributed by atoms with Crippen LogP contribution >= 0.6 is 11.6 Å². The molecule has 0 aliphatic carbocycles. The number of benzene rings is 3. The van der Waals surface area contributed by atoms with Crippen LogP contribution in [-0.4, -0.2) is 19.8 Å². The first-order chi connectivity index (χ1) is 14.2. The molecule has 3 aromatic rings. The first kappa shape index (κ1) is 21.4. The van der Waals surface area contributed by atoms with E-state index in [4.69, 9.17) is 21.1 Å². The molecule has 4 nitrogen and oxygen atoms in total. The highest BCUT2D eigenvalue weighted by Crippen LogP contribution is 2.42. The molecule has 0 saturated heterocycles. The first-order valence-electron chi connectivity index (χ1n) is 8.29. The summed E-state index contributed by atoms with van der Waals surface area (Å²) in [5, 5.41) is 0.0417. The van der Waals surface area contributed by atoms with E-state index in [1.807, 2.05) is 0 Å². The summed E-state index contributed by atoms with van der Waals surface area (Å²) in [6, 6.07) is 11.5. The fourth-order valence-electron chi connectivity index (χ4n) is 2.66. The summed E-state index contributed by atoms with van der Waals surface area (Å²) in [5.74, 6) is -1.28. The second-order valence-corrected chi connectivity index (χ2v) is 6.34. The van der Waals surface area contributed by atoms with Crippen molar-refractivity contribution < 1.29 is 36.6 Å². The topological polar surface area (TPSA) is 44.8 Å². The molecule has 0 heterocycles. The van der Waals surface area contributed by atoms with Crippen LogP contribution in [0.4, 0.5) is 17.6 Å². The van der Waals surface area contributed by atoms with E-state index in [-0.39, 0.29) is 33.4 Å². The summed E-state index contributed by atoms with van der Waals surface area (Å²) in [7, 11) is 1.23. The maximum atomic E-state index is 14.7. The van der Waals surface area contributed by atoms with Crippen molar-refractivity contribution in [1.82, 2.24) is 0 Å². The molecular formula is C21H12ClF4O4. The molecule has 0 N–H and O–H groups in total. The normalized spacial score (nSPS) is 11.1. The molecule has 0 amide bonds. The Morgan fingerprint density at radius 1 is 0.933 bits per heavy atom. The molecule has 3 rings (SSSR count). The van der Waals surface area contributed by atoms with E-state index in [9.17, 15) is 22.4 Å². The Bertz CT molecular complexity index is 1070. The van der Waals surface area contributed by atoms with E-state index >= 15 is 0 Å². The lowest BCUT2D eigenvalue weighted by atomic mass is 10.0. The summed E-state index contributed by atoms with van der Waals surface area (Å²) in [6.07, 6.45) is -3.16. The van der Waals surface area contributed by atoms with Crippen LogP contribution in [0.15, 0.2) is 54.6 Å². The van der Waals surface area contributed by atoms with Crippen molar-refractivity contribution in [1.29, 1.82) is 0 Å². The second-order valence-electron chi connectivity index (χ2n) is 5.90. The lowest BCUT2D eigenvalue weighted by Crippen LogP contribution is -2.17. The van der Waals surface area contributed by atoms with Crippen LogP contribution in [-0.2, 0) is 4.79 Å². The van der Waals surface area contributed by atoms with Gasteiger partial charge in [-0.05, 0) is 23.8 Å². The van der Waals surface area contributed by atoms with Crippen LogP contribution in [0.3, 0.4) is 0 Å². The van der Waals surface area contributed by atoms with Crippen molar-refractivity contribution in [3.8, 4) is 34.1 Å². The van der Waals surface area contributed by atoms with Gasteiger partial charge in [0.1, 0.15) is 17.3 Å². The predicted octanol–water partition coefficient (Wildman–Crippen LogP) is 6.30. The minimum Gasteiger partial charge on any atom is -0.493 e. The van der Waals surface area contributed by atoms with E-state index in [1.165, 1.54) is 43.5 Å². The van der Waals surface area contributed by atoms with E-state index in [1.54, 1.807) is 6.29 Å². The van der Waals surface area contributed by atoms with Crippen molar-refractivity contribution in [2.75, 3.05) is 7.11 Å². The SMILES string of the molecule is COc1cc(OC(F)(F)F)ccc1Oc1cc(Cl)cc(F)c1-c1ccc([C]=O)cc1. The fourth-order valence-corrected chi connectivity index (χ4v) is 2.86. The fraction of sp³-hybridized carbons (Fsp3) is 0.0952. The van der Waals surface area contributed by atoms with Gasteiger partial charge in [0.2, 0.25) is 6.29 Å². The van der Waals surface area contributed by atoms with Crippen molar-refractivity contribution in [2.45, 2.75) is 6.36 Å². The summed E-state index contributed by atoms with van der Waals surface area (Å²) >= 11 is 5.95. The third kappa shape index (κ3) is 5.01. The number of hydrogen-bond donors (Lipinski definition) is 0. The molecule has 1 radical (unpaired) electrons. The van der Waals surface area contributed by atoms with Crippen molar-refractivity contribution >= 4 is 17.9 Å². The highest BCUT2D eigenvalue weighted by molar-refractivity contribution is 6.30. The van der Waals surface area contributed by atoms with Crippen molar-refractivity contribution in [3.63, 3.8) is 0 Å². The third-order valence-corrected chi connectivity index (χ3v) is 4.12. The van der Waals surface area contributed by atoms with Crippen LogP contribution in [0, 0.1) is 5.82 Å². The number of carbonyl (C=O) groups excluding carboxylic acids is 1. The van der Waals surface area contributed by atoms with Gasteiger partial charge in [-0.1, -0.05) is 35.9 Å². The van der Waals surface area contributed by atoms with Crippen molar-refractivity contribution in [3.05, 3.63) is 71.0 Å². The first-order valence-corrected chi connectivity index (χ1v) is 8.67. The van der Waals surface area contributed by atoms with Crippen LogP contribution in [0.25, 0.3) is 11.1 Å². The Labute approximate surface area is 173 Å². The van der Waals surface area contributed by atoms with Gasteiger partial charge in [-0.15, -0.1) is 13.2 Å². The zero-order chi connectivity index (χ0) is 21.9. The van der Waals surface area contributed by atoms with Crippen LogP contribution in [0.5, 0.6) is 23.0 Å². The summed E-state index contributed by atoms with van der Waals surface area (Å²) in [5.41, 5.74) is 0.696. The minimum atomic E-state index is -4.87. The Morgan fingerprint density at radius 2 is 1.63 bits per heavy atom. The van der Waals surface area contributed by atoms with Gasteiger partial charge in [-0.2, -0.15) is 0 Å². The van der Waals surface area contributed by atoms with Gasteiger partial charge in [0.25, 0.3) is 0 Å². The Balaban J connectivity index is 2.03. The molecular weight excluding hydrogens is 428 g/mol. The average Bonchev–Trinajstić information content (AvgIpc) is 2.68. The second kappa shape index (κ2) is 8.62. The van der Waals surface area contributed by atoms with E-state index in [0.29, 0.717) is 5.56 Å². The van der Waals surface area contributed by atoms with Crippen LogP contribution < -0.4 is 14.2 Å². The molecule has 0 aromatic heterocycles. The molecule has 0 spiro atoms. The van der Waals surface area contributed by atoms with Gasteiger partial charge in [0, 0.05) is 22.7 Å². The van der Waals surface area contributed by atoms with Crippen LogP contribution in [0.1, 0.15) is 5.56 Å². The molecule has 0 unspecified atom stereocenters.